The van der Waals surface area contributed by atoms with Crippen LogP contribution in [0.25, 0.3) is 0 Å². The Morgan fingerprint density at radius 2 is 1.67 bits per heavy atom. The molecule has 0 spiro atoms. The van der Waals surface area contributed by atoms with Crippen LogP contribution in [0.2, 0.25) is 0 Å². The molecule has 0 fully saturated rings. The molecule has 0 aromatic carbocycles. The van der Waals surface area contributed by atoms with Gasteiger partial charge in [0.1, 0.15) is 12.2 Å². The van der Waals surface area contributed by atoms with Crippen molar-refractivity contribution in [2.24, 2.45) is 0 Å². The number of carbonyl (C=O) groups is 3. The van der Waals surface area contributed by atoms with Gasteiger partial charge in [0.15, 0.2) is 5.12 Å². The van der Waals surface area contributed by atoms with Gasteiger partial charge in [-0.15, -0.1) is 0 Å². The molecule has 0 atom stereocenters. The largest absolute Gasteiger partial charge is 0.463 e. The molecule has 7 heteroatoms. The van der Waals surface area contributed by atoms with Crippen molar-refractivity contribution in [3.63, 3.8) is 0 Å². The highest BCUT2D eigenvalue weighted by Gasteiger charge is 2.26. The van der Waals surface area contributed by atoms with Crippen LogP contribution in [0, 0.1) is 0 Å². The van der Waals surface area contributed by atoms with E-state index in [-0.39, 0.29) is 18.1 Å². The summed E-state index contributed by atoms with van der Waals surface area (Å²) < 4.78 is 10.2. The third-order valence-corrected chi connectivity index (χ3v) is 2.86. The monoisotopic (exact) mass is 319 g/mol. The van der Waals surface area contributed by atoms with E-state index in [1.165, 1.54) is 6.92 Å². The van der Waals surface area contributed by atoms with Crippen molar-refractivity contribution >= 4 is 28.9 Å². The fourth-order valence-corrected chi connectivity index (χ4v) is 1.78. The van der Waals surface area contributed by atoms with Crippen LogP contribution in [0.15, 0.2) is 0 Å². The number of hydrogen-bond acceptors (Lipinski definition) is 6. The molecule has 0 rings (SSSR count). The van der Waals surface area contributed by atoms with E-state index in [0.29, 0.717) is 5.75 Å². The van der Waals surface area contributed by atoms with E-state index in [1.54, 1.807) is 34.6 Å². The van der Waals surface area contributed by atoms with Gasteiger partial charge in [0.05, 0.1) is 12.0 Å². The smallest absolute Gasteiger partial charge is 0.408 e. The predicted octanol–water partition coefficient (Wildman–Crippen LogP) is 2.50. The van der Waals surface area contributed by atoms with E-state index >= 15 is 0 Å². The summed E-state index contributed by atoms with van der Waals surface area (Å²) in [6.45, 7) is 10.3. The van der Waals surface area contributed by atoms with Gasteiger partial charge in [-0.2, -0.15) is 0 Å². The Bertz CT molecular complexity index is 387. The minimum absolute atomic E-state index is 0.0327. The fourth-order valence-electron chi connectivity index (χ4n) is 1.23. The van der Waals surface area contributed by atoms with Gasteiger partial charge in [-0.1, -0.05) is 11.8 Å². The summed E-state index contributed by atoms with van der Waals surface area (Å²) in [7, 11) is 0. The zero-order valence-corrected chi connectivity index (χ0v) is 14.4. The minimum Gasteiger partial charge on any atom is -0.463 e. The first-order valence-corrected chi connectivity index (χ1v) is 7.70. The lowest BCUT2D eigenvalue weighted by Crippen LogP contribution is -2.49. The summed E-state index contributed by atoms with van der Waals surface area (Å²) in [5.74, 6) is -0.00326. The number of esters is 1. The van der Waals surface area contributed by atoms with Crippen molar-refractivity contribution in [3.8, 4) is 0 Å². The molecule has 0 aromatic rings. The second-order valence-electron chi connectivity index (χ2n) is 6.26. The van der Waals surface area contributed by atoms with E-state index in [9.17, 15) is 14.4 Å². The Morgan fingerprint density at radius 3 is 2.14 bits per heavy atom. The van der Waals surface area contributed by atoms with Gasteiger partial charge in [0.25, 0.3) is 0 Å². The van der Waals surface area contributed by atoms with Crippen molar-refractivity contribution < 1.29 is 23.9 Å². The molecule has 0 aliphatic heterocycles. The lowest BCUT2D eigenvalue weighted by atomic mass is 10.1. The summed E-state index contributed by atoms with van der Waals surface area (Å²) in [6.07, 6.45) is -0.400. The molecule has 0 unspecified atom stereocenters. The molecule has 1 amide bonds. The van der Waals surface area contributed by atoms with Crippen molar-refractivity contribution in [2.75, 3.05) is 12.4 Å². The molecule has 0 saturated carbocycles. The number of ether oxygens (including phenoxy) is 2. The zero-order chi connectivity index (χ0) is 16.7. The van der Waals surface area contributed by atoms with E-state index in [2.05, 4.69) is 5.32 Å². The molecule has 0 aromatic heterocycles. The van der Waals surface area contributed by atoms with E-state index in [0.717, 1.165) is 11.8 Å². The molecule has 21 heavy (non-hydrogen) atoms. The Morgan fingerprint density at radius 1 is 1.10 bits per heavy atom. The van der Waals surface area contributed by atoms with E-state index < -0.39 is 23.2 Å². The average molecular weight is 319 g/mol. The Labute approximate surface area is 130 Å². The minimum atomic E-state index is -0.730. The quantitative estimate of drug-likeness (QED) is 0.758. The first kappa shape index (κ1) is 19.8. The highest BCUT2D eigenvalue weighted by molar-refractivity contribution is 8.13. The molecular weight excluding hydrogens is 294 g/mol. The standard InChI is InChI=1S/C14H25NO5S/c1-10(16)21-8-7-11(17)19-9-14(5,6)15-12(18)20-13(2,3)4/h7-9H2,1-6H3,(H,15,18). The number of hydrogen-bond donors (Lipinski definition) is 1. The maximum absolute atomic E-state index is 11.7. The van der Waals surface area contributed by atoms with Crippen LogP contribution in [-0.2, 0) is 19.1 Å². The van der Waals surface area contributed by atoms with E-state index in [1.807, 2.05) is 0 Å². The van der Waals surface area contributed by atoms with Crippen LogP contribution < -0.4 is 5.32 Å². The van der Waals surface area contributed by atoms with Gasteiger partial charge < -0.3 is 14.8 Å². The third-order valence-electron chi connectivity index (χ3n) is 2.04. The summed E-state index contributed by atoms with van der Waals surface area (Å²) in [5.41, 5.74) is -1.31. The molecule has 0 aliphatic carbocycles. The lowest BCUT2D eigenvalue weighted by Gasteiger charge is -2.28. The first-order valence-electron chi connectivity index (χ1n) is 6.71. The van der Waals surface area contributed by atoms with E-state index in [4.69, 9.17) is 9.47 Å². The van der Waals surface area contributed by atoms with Crippen molar-refractivity contribution in [1.82, 2.24) is 5.32 Å². The molecule has 0 aliphatic rings. The molecule has 122 valence electrons. The normalized spacial score (nSPS) is 11.7. The van der Waals surface area contributed by atoms with Gasteiger partial charge in [-0.25, -0.2) is 4.79 Å². The molecule has 0 bridgehead atoms. The number of thioether (sulfide) groups is 1. The van der Waals surface area contributed by atoms with Crippen LogP contribution in [0.4, 0.5) is 4.79 Å². The van der Waals surface area contributed by atoms with Crippen molar-refractivity contribution in [3.05, 3.63) is 0 Å². The van der Waals surface area contributed by atoms with Gasteiger partial charge >= 0.3 is 12.1 Å². The summed E-state index contributed by atoms with van der Waals surface area (Å²) in [6, 6.07) is 0. The first-order chi connectivity index (χ1) is 9.41. The average Bonchev–Trinajstić information content (AvgIpc) is 2.22. The van der Waals surface area contributed by atoms with Gasteiger partial charge in [-0.3, -0.25) is 9.59 Å². The van der Waals surface area contributed by atoms with Gasteiger partial charge in [-0.05, 0) is 34.6 Å². The van der Waals surface area contributed by atoms with Crippen LogP contribution >= 0.6 is 11.8 Å². The Kier molecular flexibility index (Phi) is 7.78. The number of rotatable bonds is 6. The maximum Gasteiger partial charge on any atom is 0.408 e. The van der Waals surface area contributed by atoms with Crippen molar-refractivity contribution in [1.29, 1.82) is 0 Å². The third kappa shape index (κ3) is 12.2. The second kappa shape index (κ2) is 8.26. The van der Waals surface area contributed by atoms with Crippen molar-refractivity contribution in [2.45, 2.75) is 59.1 Å². The molecule has 1 N–H and O–H groups in total. The maximum atomic E-state index is 11.7. The number of nitrogens with one attached hydrogen (secondary N) is 1. The zero-order valence-electron chi connectivity index (χ0n) is 13.6. The SMILES string of the molecule is CC(=O)SCCC(=O)OCC(C)(C)NC(=O)OC(C)(C)C. The van der Waals surface area contributed by atoms with Crippen LogP contribution in [0.3, 0.4) is 0 Å². The summed E-state index contributed by atoms with van der Waals surface area (Å²) >= 11 is 1.08. The second-order valence-corrected chi connectivity index (χ2v) is 7.53. The molecule has 0 radical (unpaired) electrons. The number of amides is 1. The van der Waals surface area contributed by atoms with Gasteiger partial charge in [0, 0.05) is 12.7 Å². The van der Waals surface area contributed by atoms with Crippen LogP contribution in [-0.4, -0.2) is 40.7 Å². The predicted molar refractivity (Wildman–Crippen MR) is 82.2 cm³/mol. The van der Waals surface area contributed by atoms with Gasteiger partial charge in [0.2, 0.25) is 0 Å². The Balaban J connectivity index is 4.09. The lowest BCUT2D eigenvalue weighted by molar-refractivity contribution is -0.145. The highest BCUT2D eigenvalue weighted by Crippen LogP contribution is 2.10. The molecule has 0 saturated heterocycles. The summed E-state index contributed by atoms with van der Waals surface area (Å²) in [5, 5.41) is 2.61. The highest BCUT2D eigenvalue weighted by atomic mass is 32.2. The topological polar surface area (TPSA) is 81.7 Å². The molecule has 0 heterocycles. The number of alkyl carbamates (subject to hydrolysis) is 1. The summed E-state index contributed by atoms with van der Waals surface area (Å²) in [4.78, 5) is 33.9. The van der Waals surface area contributed by atoms with Crippen LogP contribution in [0.5, 0.6) is 0 Å². The number of carbonyl (C=O) groups excluding carboxylic acids is 3. The van der Waals surface area contributed by atoms with Crippen LogP contribution in [0.1, 0.15) is 48.0 Å². The Hall–Kier alpha value is -1.24. The fraction of sp³-hybridized carbons (Fsp3) is 0.786. The molecular formula is C14H25NO5S. The molecule has 6 nitrogen and oxygen atoms in total.